The Bertz CT molecular complexity index is 361. The summed E-state index contributed by atoms with van der Waals surface area (Å²) in [7, 11) is 0. The van der Waals surface area contributed by atoms with Gasteiger partial charge < -0.3 is 15.3 Å². The fourth-order valence-electron chi connectivity index (χ4n) is 2.77. The molecule has 1 fully saturated rings. The van der Waals surface area contributed by atoms with E-state index < -0.39 is 0 Å². The van der Waals surface area contributed by atoms with Crippen LogP contribution in [-0.2, 0) is 6.42 Å². The van der Waals surface area contributed by atoms with Crippen LogP contribution in [0.2, 0.25) is 0 Å². The number of benzene rings is 1. The summed E-state index contributed by atoms with van der Waals surface area (Å²) < 4.78 is 0. The largest absolute Gasteiger partial charge is 0.396 e. The van der Waals surface area contributed by atoms with Gasteiger partial charge in [-0.2, -0.15) is 0 Å². The van der Waals surface area contributed by atoms with Crippen LogP contribution >= 0.6 is 0 Å². The molecule has 2 N–H and O–H groups in total. The highest BCUT2D eigenvalue weighted by atomic mass is 16.3. The first kappa shape index (κ1) is 13.4. The average molecular weight is 248 g/mol. The third-order valence-electron chi connectivity index (χ3n) is 3.79. The monoisotopic (exact) mass is 248 g/mol. The first-order chi connectivity index (χ1) is 8.76. The van der Waals surface area contributed by atoms with E-state index in [1.165, 1.54) is 11.3 Å². The van der Waals surface area contributed by atoms with Crippen LogP contribution in [0.1, 0.15) is 25.8 Å². The molecule has 2 rings (SSSR count). The van der Waals surface area contributed by atoms with Gasteiger partial charge in [0.05, 0.1) is 0 Å². The molecule has 1 aliphatic rings. The molecular weight excluding hydrogens is 224 g/mol. The number of anilines is 1. The molecule has 0 saturated carbocycles. The van der Waals surface area contributed by atoms with Gasteiger partial charge in [-0.05, 0) is 37.5 Å². The fraction of sp³-hybridized carbons (Fsp3) is 0.600. The Kier molecular flexibility index (Phi) is 4.61. The number of piperazine rings is 1. The second-order valence-electron chi connectivity index (χ2n) is 5.10. The summed E-state index contributed by atoms with van der Waals surface area (Å²) in [6, 6.07) is 9.71. The molecule has 0 spiro atoms. The minimum atomic E-state index is 0.253. The number of aryl methyl sites for hydroxylation is 1. The van der Waals surface area contributed by atoms with Crippen molar-refractivity contribution in [3.8, 4) is 0 Å². The predicted molar refractivity (Wildman–Crippen MR) is 76.1 cm³/mol. The second-order valence-corrected chi connectivity index (χ2v) is 5.10. The van der Waals surface area contributed by atoms with Gasteiger partial charge in [0.2, 0.25) is 0 Å². The topological polar surface area (TPSA) is 35.5 Å². The minimum Gasteiger partial charge on any atom is -0.396 e. The van der Waals surface area contributed by atoms with Crippen molar-refractivity contribution in [3.63, 3.8) is 0 Å². The Morgan fingerprint density at radius 2 is 2.00 bits per heavy atom. The van der Waals surface area contributed by atoms with Crippen molar-refractivity contribution in [2.45, 2.75) is 38.8 Å². The lowest BCUT2D eigenvalue weighted by Crippen LogP contribution is -2.56. The lowest BCUT2D eigenvalue weighted by Gasteiger charge is -2.43. The fourth-order valence-corrected chi connectivity index (χ4v) is 2.77. The maximum Gasteiger partial charge on any atom is 0.0451 e. The van der Waals surface area contributed by atoms with Crippen LogP contribution in [0.5, 0.6) is 0 Å². The van der Waals surface area contributed by atoms with Crippen molar-refractivity contribution in [3.05, 3.63) is 29.8 Å². The van der Waals surface area contributed by atoms with Crippen LogP contribution in [0.4, 0.5) is 5.69 Å². The van der Waals surface area contributed by atoms with E-state index in [4.69, 9.17) is 0 Å². The number of rotatable bonds is 4. The van der Waals surface area contributed by atoms with Crippen molar-refractivity contribution in [2.24, 2.45) is 0 Å². The van der Waals surface area contributed by atoms with Gasteiger partial charge in [-0.3, -0.25) is 0 Å². The Labute approximate surface area is 110 Å². The quantitative estimate of drug-likeness (QED) is 0.853. The van der Waals surface area contributed by atoms with Gasteiger partial charge >= 0.3 is 0 Å². The first-order valence-corrected chi connectivity index (χ1v) is 6.95. The third-order valence-corrected chi connectivity index (χ3v) is 3.79. The lowest BCUT2D eigenvalue weighted by atomic mass is 10.0. The van der Waals surface area contributed by atoms with E-state index in [0.717, 1.165) is 25.9 Å². The summed E-state index contributed by atoms with van der Waals surface area (Å²) in [5.41, 5.74) is 2.65. The molecule has 100 valence electrons. The number of nitrogens with one attached hydrogen (secondary N) is 1. The molecule has 1 aromatic rings. The van der Waals surface area contributed by atoms with Crippen LogP contribution in [0.15, 0.2) is 24.3 Å². The molecule has 0 amide bonds. The number of hydrogen-bond acceptors (Lipinski definition) is 3. The first-order valence-electron chi connectivity index (χ1n) is 6.95. The summed E-state index contributed by atoms with van der Waals surface area (Å²) >= 11 is 0. The minimum absolute atomic E-state index is 0.253. The smallest absolute Gasteiger partial charge is 0.0451 e. The average Bonchev–Trinajstić information content (AvgIpc) is 2.40. The van der Waals surface area contributed by atoms with Crippen molar-refractivity contribution in [1.29, 1.82) is 0 Å². The molecule has 0 aliphatic carbocycles. The van der Waals surface area contributed by atoms with Crippen molar-refractivity contribution in [1.82, 2.24) is 5.32 Å². The lowest BCUT2D eigenvalue weighted by molar-refractivity contribution is 0.259. The molecule has 2 atom stereocenters. The summed E-state index contributed by atoms with van der Waals surface area (Å²) in [6.45, 7) is 6.64. The highest BCUT2D eigenvalue weighted by Gasteiger charge is 2.27. The highest BCUT2D eigenvalue weighted by molar-refractivity contribution is 5.50. The molecular formula is C15H24N2O. The van der Waals surface area contributed by atoms with Crippen molar-refractivity contribution in [2.75, 3.05) is 24.6 Å². The van der Waals surface area contributed by atoms with E-state index >= 15 is 0 Å². The third kappa shape index (κ3) is 2.85. The molecule has 0 bridgehead atoms. The zero-order chi connectivity index (χ0) is 13.0. The maximum atomic E-state index is 9.20. The molecule has 3 nitrogen and oxygen atoms in total. The Morgan fingerprint density at radius 1 is 1.28 bits per heavy atom. The maximum absolute atomic E-state index is 9.20. The second kappa shape index (κ2) is 6.21. The van der Waals surface area contributed by atoms with E-state index in [9.17, 15) is 5.11 Å². The molecule has 3 heteroatoms. The van der Waals surface area contributed by atoms with Crippen LogP contribution in [-0.4, -0.2) is 36.9 Å². The molecule has 1 heterocycles. The summed E-state index contributed by atoms with van der Waals surface area (Å²) in [6.07, 6.45) is 1.91. The van der Waals surface area contributed by atoms with E-state index in [2.05, 4.69) is 48.3 Å². The molecule has 18 heavy (non-hydrogen) atoms. The Hall–Kier alpha value is -1.06. The van der Waals surface area contributed by atoms with Crippen molar-refractivity contribution >= 4 is 5.69 Å². The number of hydrogen-bond donors (Lipinski definition) is 2. The zero-order valence-electron chi connectivity index (χ0n) is 11.4. The van der Waals surface area contributed by atoms with Gasteiger partial charge in [-0.25, -0.2) is 0 Å². The Balaban J connectivity index is 2.19. The number of nitrogens with zero attached hydrogens (tertiary/aromatic N) is 1. The van der Waals surface area contributed by atoms with Gasteiger partial charge in [-0.1, -0.05) is 19.1 Å². The van der Waals surface area contributed by atoms with Crippen LogP contribution in [0.25, 0.3) is 0 Å². The molecule has 0 aromatic heterocycles. The molecule has 2 unspecified atom stereocenters. The molecule has 1 aromatic carbocycles. The predicted octanol–water partition coefficient (Wildman–Crippen LogP) is 1.80. The highest BCUT2D eigenvalue weighted by Crippen LogP contribution is 2.24. The van der Waals surface area contributed by atoms with Gasteiger partial charge in [0.25, 0.3) is 0 Å². The van der Waals surface area contributed by atoms with Gasteiger partial charge in [0.15, 0.2) is 0 Å². The summed E-state index contributed by atoms with van der Waals surface area (Å²) in [4.78, 5) is 2.45. The molecule has 1 saturated heterocycles. The molecule has 0 radical (unpaired) electrons. The normalized spacial score (nSPS) is 24.3. The van der Waals surface area contributed by atoms with Gasteiger partial charge in [-0.15, -0.1) is 0 Å². The number of aliphatic hydroxyl groups excluding tert-OH is 1. The van der Waals surface area contributed by atoms with Crippen molar-refractivity contribution < 1.29 is 5.11 Å². The SMILES string of the molecule is CCc1ccc(N2C(C)CNCC2CCO)cc1. The van der Waals surface area contributed by atoms with Crippen LogP contribution in [0.3, 0.4) is 0 Å². The Morgan fingerprint density at radius 3 is 2.61 bits per heavy atom. The summed E-state index contributed by atoms with van der Waals surface area (Å²) in [5.74, 6) is 0. The van der Waals surface area contributed by atoms with E-state index in [1.807, 2.05) is 0 Å². The zero-order valence-corrected chi connectivity index (χ0v) is 11.4. The number of aliphatic hydroxyl groups is 1. The van der Waals surface area contributed by atoms with Gasteiger partial charge in [0, 0.05) is 37.5 Å². The van der Waals surface area contributed by atoms with E-state index in [1.54, 1.807) is 0 Å². The summed E-state index contributed by atoms with van der Waals surface area (Å²) in [5, 5.41) is 12.6. The van der Waals surface area contributed by atoms with Crippen LogP contribution < -0.4 is 10.2 Å². The van der Waals surface area contributed by atoms with E-state index in [-0.39, 0.29) is 6.61 Å². The van der Waals surface area contributed by atoms with Crippen LogP contribution in [0, 0.1) is 0 Å². The van der Waals surface area contributed by atoms with Gasteiger partial charge in [0.1, 0.15) is 0 Å². The van der Waals surface area contributed by atoms with E-state index in [0.29, 0.717) is 12.1 Å². The standard InChI is InChI=1S/C15H24N2O/c1-3-13-4-6-14(7-5-13)17-12(2)10-16-11-15(17)8-9-18/h4-7,12,15-16,18H,3,8-11H2,1-2H3. The molecule has 1 aliphatic heterocycles.